The topological polar surface area (TPSA) is 23.9 Å². The Labute approximate surface area is 50.2 Å². The minimum atomic E-state index is 0.742. The summed E-state index contributed by atoms with van der Waals surface area (Å²) in [6.07, 6.45) is 5.77. The third-order valence-electron chi connectivity index (χ3n) is 0.826. The van der Waals surface area contributed by atoms with Crippen LogP contribution >= 0.6 is 0 Å². The molecule has 1 nitrogen and oxygen atoms in total. The summed E-state index contributed by atoms with van der Waals surface area (Å²) >= 11 is 0. The van der Waals surface area contributed by atoms with E-state index in [9.17, 15) is 0 Å². The van der Waals surface area contributed by atoms with Gasteiger partial charge in [0.25, 0.3) is 0 Å². The van der Waals surface area contributed by atoms with Gasteiger partial charge in [-0.25, -0.2) is 0 Å². The Hall–Kier alpha value is -0.850. The third-order valence-corrected chi connectivity index (χ3v) is 0.826. The van der Waals surface area contributed by atoms with Crippen molar-refractivity contribution in [1.82, 2.24) is 0 Å². The summed E-state index contributed by atoms with van der Waals surface area (Å²) in [7, 11) is 0. The van der Waals surface area contributed by atoms with Gasteiger partial charge in [0, 0.05) is 6.42 Å². The molecular formula is C7H11N. The third kappa shape index (κ3) is 3.34. The summed E-state index contributed by atoms with van der Waals surface area (Å²) in [5, 5.41) is 6.71. The summed E-state index contributed by atoms with van der Waals surface area (Å²) in [5.74, 6) is 0. The molecule has 0 saturated carbocycles. The summed E-state index contributed by atoms with van der Waals surface area (Å²) < 4.78 is 0. The van der Waals surface area contributed by atoms with E-state index < -0.39 is 0 Å². The molecule has 0 unspecified atom stereocenters. The first-order valence-corrected chi connectivity index (χ1v) is 2.58. The predicted molar refractivity (Wildman–Crippen MR) is 37.4 cm³/mol. The van der Waals surface area contributed by atoms with Crippen LogP contribution in [-0.4, -0.2) is 6.21 Å². The lowest BCUT2D eigenvalue weighted by Gasteiger charge is -1.87. The molecule has 0 spiro atoms. The van der Waals surface area contributed by atoms with Crippen molar-refractivity contribution >= 4 is 6.21 Å². The van der Waals surface area contributed by atoms with Crippen LogP contribution in [0.2, 0.25) is 0 Å². The van der Waals surface area contributed by atoms with Crippen molar-refractivity contribution in [3.05, 3.63) is 24.3 Å². The summed E-state index contributed by atoms with van der Waals surface area (Å²) in [4.78, 5) is 0. The van der Waals surface area contributed by atoms with Gasteiger partial charge in [0.1, 0.15) is 0 Å². The van der Waals surface area contributed by atoms with E-state index >= 15 is 0 Å². The van der Waals surface area contributed by atoms with Gasteiger partial charge in [-0.15, -0.1) is 0 Å². The maximum Gasteiger partial charge on any atom is 0.00305 e. The van der Waals surface area contributed by atoms with Gasteiger partial charge in [0.05, 0.1) is 0 Å². The SMILES string of the molecule is C=C/C=C(\C)CC=N. The molecule has 0 fully saturated rings. The number of nitrogens with one attached hydrogen (secondary N) is 1. The molecule has 0 aliphatic heterocycles. The Bertz CT molecular complexity index is 112. The molecule has 0 rings (SSSR count). The van der Waals surface area contributed by atoms with Crippen LogP contribution in [-0.2, 0) is 0 Å². The predicted octanol–water partition coefficient (Wildman–Crippen LogP) is 2.16. The van der Waals surface area contributed by atoms with Gasteiger partial charge in [-0.1, -0.05) is 24.3 Å². The maximum absolute atomic E-state index is 6.71. The smallest absolute Gasteiger partial charge is 0.00305 e. The molecule has 0 heterocycles. The first kappa shape index (κ1) is 7.15. The molecule has 0 amide bonds. The van der Waals surface area contributed by atoms with Gasteiger partial charge in [0.15, 0.2) is 0 Å². The minimum Gasteiger partial charge on any atom is -0.313 e. The van der Waals surface area contributed by atoms with E-state index in [1.807, 2.05) is 13.0 Å². The second-order valence-electron chi connectivity index (χ2n) is 1.66. The number of rotatable bonds is 3. The summed E-state index contributed by atoms with van der Waals surface area (Å²) in [5.41, 5.74) is 1.18. The van der Waals surface area contributed by atoms with Crippen LogP contribution in [0.1, 0.15) is 13.3 Å². The number of hydrogen-bond acceptors (Lipinski definition) is 1. The molecular weight excluding hydrogens is 98.1 g/mol. The van der Waals surface area contributed by atoms with Gasteiger partial charge < -0.3 is 5.41 Å². The first-order valence-electron chi connectivity index (χ1n) is 2.58. The lowest BCUT2D eigenvalue weighted by molar-refractivity contribution is 1.27. The van der Waals surface area contributed by atoms with Crippen molar-refractivity contribution in [2.45, 2.75) is 13.3 Å². The quantitative estimate of drug-likeness (QED) is 0.424. The Morgan fingerprint density at radius 3 is 2.75 bits per heavy atom. The Kier molecular flexibility index (Phi) is 3.85. The normalized spacial score (nSPS) is 10.9. The van der Waals surface area contributed by atoms with Gasteiger partial charge in [-0.2, -0.15) is 0 Å². The molecule has 0 radical (unpaired) electrons. The van der Waals surface area contributed by atoms with Gasteiger partial charge in [-0.3, -0.25) is 0 Å². The van der Waals surface area contributed by atoms with E-state index in [1.165, 1.54) is 11.8 Å². The zero-order valence-corrected chi connectivity index (χ0v) is 5.15. The second kappa shape index (κ2) is 4.31. The zero-order chi connectivity index (χ0) is 6.41. The summed E-state index contributed by atoms with van der Waals surface area (Å²) in [6, 6.07) is 0. The van der Waals surface area contributed by atoms with E-state index in [0.29, 0.717) is 0 Å². The Balaban J connectivity index is 3.60. The molecule has 0 saturated heterocycles. The fourth-order valence-corrected chi connectivity index (χ4v) is 0.430. The van der Waals surface area contributed by atoms with Crippen LogP contribution in [0.15, 0.2) is 24.3 Å². The molecule has 1 N–H and O–H groups in total. The number of hydrogen-bond donors (Lipinski definition) is 1. The van der Waals surface area contributed by atoms with E-state index in [-0.39, 0.29) is 0 Å². The molecule has 8 heavy (non-hydrogen) atoms. The molecule has 0 aromatic rings. The molecule has 0 atom stereocenters. The molecule has 44 valence electrons. The monoisotopic (exact) mass is 109 g/mol. The first-order chi connectivity index (χ1) is 3.81. The highest BCUT2D eigenvalue weighted by molar-refractivity contribution is 5.57. The Morgan fingerprint density at radius 1 is 1.75 bits per heavy atom. The fraction of sp³-hybridized carbons (Fsp3) is 0.286. The minimum absolute atomic E-state index is 0.742. The lowest BCUT2D eigenvalue weighted by Crippen LogP contribution is -1.73. The van der Waals surface area contributed by atoms with Crippen molar-refractivity contribution in [1.29, 1.82) is 5.41 Å². The average molecular weight is 109 g/mol. The van der Waals surface area contributed by atoms with Gasteiger partial charge in [-0.05, 0) is 13.1 Å². The van der Waals surface area contributed by atoms with E-state index in [0.717, 1.165) is 6.42 Å². The van der Waals surface area contributed by atoms with Crippen molar-refractivity contribution in [3.63, 3.8) is 0 Å². The molecule has 0 aromatic heterocycles. The van der Waals surface area contributed by atoms with Gasteiger partial charge >= 0.3 is 0 Å². The maximum atomic E-state index is 6.71. The average Bonchev–Trinajstić information content (AvgIpc) is 1.68. The largest absolute Gasteiger partial charge is 0.313 e. The molecule has 0 aliphatic rings. The Morgan fingerprint density at radius 2 is 2.38 bits per heavy atom. The van der Waals surface area contributed by atoms with Crippen molar-refractivity contribution in [3.8, 4) is 0 Å². The highest BCUT2D eigenvalue weighted by atomic mass is 14.3. The van der Waals surface area contributed by atoms with Crippen LogP contribution in [0.5, 0.6) is 0 Å². The van der Waals surface area contributed by atoms with Crippen LogP contribution < -0.4 is 0 Å². The van der Waals surface area contributed by atoms with E-state index in [2.05, 4.69) is 6.58 Å². The van der Waals surface area contributed by atoms with Crippen molar-refractivity contribution < 1.29 is 0 Å². The molecule has 0 aromatic carbocycles. The van der Waals surface area contributed by atoms with Crippen LogP contribution in [0.25, 0.3) is 0 Å². The summed E-state index contributed by atoms with van der Waals surface area (Å²) in [6.45, 7) is 5.51. The molecule has 0 bridgehead atoms. The van der Waals surface area contributed by atoms with Crippen LogP contribution in [0.3, 0.4) is 0 Å². The van der Waals surface area contributed by atoms with Crippen molar-refractivity contribution in [2.24, 2.45) is 0 Å². The van der Waals surface area contributed by atoms with E-state index in [1.54, 1.807) is 6.08 Å². The zero-order valence-electron chi connectivity index (χ0n) is 5.15. The van der Waals surface area contributed by atoms with Gasteiger partial charge in [0.2, 0.25) is 0 Å². The highest BCUT2D eigenvalue weighted by Crippen LogP contribution is 1.94. The lowest BCUT2D eigenvalue weighted by atomic mass is 10.2. The second-order valence-corrected chi connectivity index (χ2v) is 1.66. The van der Waals surface area contributed by atoms with Crippen LogP contribution in [0, 0.1) is 5.41 Å². The standard InChI is InChI=1S/C7H11N/c1-3-4-7(2)5-6-8/h3-4,6,8H,1,5H2,2H3/b7-4+,8-6?. The highest BCUT2D eigenvalue weighted by Gasteiger charge is 1.78. The van der Waals surface area contributed by atoms with Crippen LogP contribution in [0.4, 0.5) is 0 Å². The molecule has 1 heteroatoms. The number of allylic oxidation sites excluding steroid dienone is 3. The molecule has 0 aliphatic carbocycles. The van der Waals surface area contributed by atoms with E-state index in [4.69, 9.17) is 5.41 Å². The fourth-order valence-electron chi connectivity index (χ4n) is 0.430. The van der Waals surface area contributed by atoms with Crippen molar-refractivity contribution in [2.75, 3.05) is 0 Å².